The van der Waals surface area contributed by atoms with E-state index in [2.05, 4.69) is 15.3 Å². The van der Waals surface area contributed by atoms with Gasteiger partial charge in [-0.15, -0.1) is 0 Å². The molecule has 1 unspecified atom stereocenters. The van der Waals surface area contributed by atoms with E-state index >= 15 is 0 Å². The number of hydrogen-bond acceptors (Lipinski definition) is 5. The predicted octanol–water partition coefficient (Wildman–Crippen LogP) is 3.82. The fraction of sp³-hybridized carbons (Fsp3) is 0.318. The monoisotopic (exact) mass is 394 g/mol. The summed E-state index contributed by atoms with van der Waals surface area (Å²) in [6, 6.07) is 13.0. The second kappa shape index (κ2) is 7.75. The first-order chi connectivity index (χ1) is 14.2. The Morgan fingerprint density at radius 3 is 2.97 bits per heavy atom. The molecule has 1 atom stereocenters. The molecule has 1 saturated heterocycles. The van der Waals surface area contributed by atoms with Gasteiger partial charge in [-0.1, -0.05) is 0 Å². The van der Waals surface area contributed by atoms with Crippen LogP contribution < -0.4 is 14.8 Å². The summed E-state index contributed by atoms with van der Waals surface area (Å²) in [7, 11) is 0. The molecule has 5 rings (SSSR count). The highest BCUT2D eigenvalue weighted by molar-refractivity contribution is 5.56. The zero-order valence-electron chi connectivity index (χ0n) is 16.1. The van der Waals surface area contributed by atoms with E-state index in [-0.39, 0.29) is 12.6 Å². The summed E-state index contributed by atoms with van der Waals surface area (Å²) in [6.45, 7) is 2.85. The Morgan fingerprint density at radius 2 is 2.07 bits per heavy atom. The highest BCUT2D eigenvalue weighted by Gasteiger charge is 2.22. The van der Waals surface area contributed by atoms with Gasteiger partial charge >= 0.3 is 0 Å². The van der Waals surface area contributed by atoms with Gasteiger partial charge in [0.05, 0.1) is 5.69 Å². The molecule has 0 amide bonds. The lowest BCUT2D eigenvalue weighted by molar-refractivity contribution is 0.174. The molecular formula is C22H23FN4O2. The summed E-state index contributed by atoms with van der Waals surface area (Å²) in [4.78, 5) is 2.37. The van der Waals surface area contributed by atoms with E-state index in [0.29, 0.717) is 12.6 Å². The first kappa shape index (κ1) is 18.0. The number of fused-ring (bicyclic) bond motifs is 1. The molecule has 2 aliphatic heterocycles. The number of piperidine rings is 1. The Kier molecular flexibility index (Phi) is 4.81. The molecule has 0 spiro atoms. The molecule has 3 heterocycles. The second-order valence-electron chi connectivity index (χ2n) is 7.51. The average molecular weight is 394 g/mol. The number of benzene rings is 2. The van der Waals surface area contributed by atoms with Crippen molar-refractivity contribution in [3.05, 3.63) is 66.2 Å². The van der Waals surface area contributed by atoms with Crippen LogP contribution in [-0.4, -0.2) is 40.6 Å². The van der Waals surface area contributed by atoms with E-state index in [9.17, 15) is 4.39 Å². The Hall–Kier alpha value is -3.06. The summed E-state index contributed by atoms with van der Waals surface area (Å²) >= 11 is 0. The van der Waals surface area contributed by atoms with Crippen LogP contribution in [0.15, 0.2) is 54.9 Å². The largest absolute Gasteiger partial charge is 0.454 e. The maximum Gasteiger partial charge on any atom is 0.231 e. The number of nitrogens with one attached hydrogen (secondary N) is 1. The molecule has 2 aliphatic rings. The number of hydrogen-bond donors (Lipinski definition) is 1. The number of anilines is 1. The lowest BCUT2D eigenvalue weighted by atomic mass is 10.0. The van der Waals surface area contributed by atoms with Gasteiger partial charge in [0.15, 0.2) is 11.5 Å². The van der Waals surface area contributed by atoms with E-state index in [1.807, 2.05) is 30.5 Å². The summed E-state index contributed by atoms with van der Waals surface area (Å²) in [5.41, 5.74) is 2.89. The van der Waals surface area contributed by atoms with Gasteiger partial charge in [0, 0.05) is 43.3 Å². The molecular weight excluding hydrogens is 371 g/mol. The average Bonchev–Trinajstić information content (AvgIpc) is 3.40. The molecule has 7 heteroatoms. The predicted molar refractivity (Wildman–Crippen MR) is 108 cm³/mol. The van der Waals surface area contributed by atoms with E-state index in [1.54, 1.807) is 23.0 Å². The van der Waals surface area contributed by atoms with Gasteiger partial charge in [-0.05, 0) is 61.3 Å². The molecule has 1 fully saturated rings. The highest BCUT2D eigenvalue weighted by Crippen LogP contribution is 2.34. The Bertz CT molecular complexity index is 992. The van der Waals surface area contributed by atoms with Gasteiger partial charge < -0.3 is 14.8 Å². The van der Waals surface area contributed by atoms with Gasteiger partial charge in [-0.3, -0.25) is 4.90 Å². The highest BCUT2D eigenvalue weighted by atomic mass is 19.1. The SMILES string of the molecule is Fc1ccc(-n2cccn2)c(CN2CCCC(Nc3ccc4c(c3)OCO4)C2)c1. The van der Waals surface area contributed by atoms with Crippen LogP contribution in [0.2, 0.25) is 0 Å². The minimum atomic E-state index is -0.219. The zero-order chi connectivity index (χ0) is 19.6. The minimum Gasteiger partial charge on any atom is -0.454 e. The van der Waals surface area contributed by atoms with Crippen LogP contribution in [0, 0.1) is 5.82 Å². The lowest BCUT2D eigenvalue weighted by Gasteiger charge is -2.34. The molecule has 0 saturated carbocycles. The van der Waals surface area contributed by atoms with Gasteiger partial charge in [0.1, 0.15) is 5.82 Å². The summed E-state index contributed by atoms with van der Waals surface area (Å²) < 4.78 is 26.6. The van der Waals surface area contributed by atoms with Gasteiger partial charge in [-0.2, -0.15) is 5.10 Å². The second-order valence-corrected chi connectivity index (χ2v) is 7.51. The van der Waals surface area contributed by atoms with Crippen LogP contribution in [-0.2, 0) is 6.54 Å². The van der Waals surface area contributed by atoms with Gasteiger partial charge in [-0.25, -0.2) is 9.07 Å². The standard InChI is InChI=1S/C22H23FN4O2/c23-17-4-6-20(27-10-2-8-24-27)16(11-17)13-26-9-1-3-19(14-26)25-18-5-7-21-22(12-18)29-15-28-21/h2,4-8,10-12,19,25H,1,3,9,13-15H2. The molecule has 29 heavy (non-hydrogen) atoms. The van der Waals surface area contributed by atoms with E-state index in [0.717, 1.165) is 54.4 Å². The normalized spacial score (nSPS) is 18.7. The Morgan fingerprint density at radius 1 is 1.14 bits per heavy atom. The maximum atomic E-state index is 13.9. The van der Waals surface area contributed by atoms with Gasteiger partial charge in [0.2, 0.25) is 6.79 Å². The van der Waals surface area contributed by atoms with Crippen LogP contribution in [0.1, 0.15) is 18.4 Å². The molecule has 0 aliphatic carbocycles. The first-order valence-electron chi connectivity index (χ1n) is 9.91. The first-order valence-corrected chi connectivity index (χ1v) is 9.91. The van der Waals surface area contributed by atoms with Crippen LogP contribution >= 0.6 is 0 Å². The fourth-order valence-electron chi connectivity index (χ4n) is 4.10. The quantitative estimate of drug-likeness (QED) is 0.713. The molecule has 2 aromatic carbocycles. The van der Waals surface area contributed by atoms with Crippen LogP contribution in [0.3, 0.4) is 0 Å². The number of rotatable bonds is 5. The Balaban J connectivity index is 1.29. The third-order valence-corrected chi connectivity index (χ3v) is 5.44. The van der Waals surface area contributed by atoms with Crippen molar-refractivity contribution >= 4 is 5.69 Å². The summed E-state index contributed by atoms with van der Waals surface area (Å²) in [6.07, 6.45) is 5.81. The minimum absolute atomic E-state index is 0.219. The summed E-state index contributed by atoms with van der Waals surface area (Å²) in [5, 5.41) is 7.92. The van der Waals surface area contributed by atoms with Crippen LogP contribution in [0.5, 0.6) is 11.5 Å². The number of aromatic nitrogens is 2. The van der Waals surface area contributed by atoms with Gasteiger partial charge in [0.25, 0.3) is 0 Å². The number of ether oxygens (including phenoxy) is 2. The van der Waals surface area contributed by atoms with E-state index in [4.69, 9.17) is 9.47 Å². The zero-order valence-corrected chi connectivity index (χ0v) is 16.1. The number of nitrogens with zero attached hydrogens (tertiary/aromatic N) is 3. The van der Waals surface area contributed by atoms with E-state index < -0.39 is 0 Å². The van der Waals surface area contributed by atoms with E-state index in [1.165, 1.54) is 6.07 Å². The summed E-state index contributed by atoms with van der Waals surface area (Å²) in [5.74, 6) is 1.35. The molecule has 1 N–H and O–H groups in total. The third-order valence-electron chi connectivity index (χ3n) is 5.44. The molecule has 6 nitrogen and oxygen atoms in total. The fourth-order valence-corrected chi connectivity index (χ4v) is 4.10. The van der Waals surface area contributed by atoms with Crippen molar-refractivity contribution in [2.45, 2.75) is 25.4 Å². The molecule has 1 aromatic heterocycles. The van der Waals surface area contributed by atoms with Crippen molar-refractivity contribution in [1.29, 1.82) is 0 Å². The van der Waals surface area contributed by atoms with Crippen molar-refractivity contribution < 1.29 is 13.9 Å². The molecule has 0 bridgehead atoms. The molecule has 150 valence electrons. The number of halogens is 1. The maximum absolute atomic E-state index is 13.9. The van der Waals surface area contributed by atoms with Crippen LogP contribution in [0.25, 0.3) is 5.69 Å². The third kappa shape index (κ3) is 3.91. The molecule has 3 aromatic rings. The van der Waals surface area contributed by atoms with Crippen molar-refractivity contribution in [3.63, 3.8) is 0 Å². The lowest BCUT2D eigenvalue weighted by Crippen LogP contribution is -2.41. The van der Waals surface area contributed by atoms with Crippen molar-refractivity contribution in [2.24, 2.45) is 0 Å². The topological polar surface area (TPSA) is 51.6 Å². The smallest absolute Gasteiger partial charge is 0.231 e. The van der Waals surface area contributed by atoms with Crippen LogP contribution in [0.4, 0.5) is 10.1 Å². The molecule has 0 radical (unpaired) electrons. The Labute approximate surface area is 168 Å². The number of likely N-dealkylation sites (tertiary alicyclic amines) is 1. The van der Waals surface area contributed by atoms with Crippen molar-refractivity contribution in [3.8, 4) is 17.2 Å². The van der Waals surface area contributed by atoms with Crippen molar-refractivity contribution in [1.82, 2.24) is 14.7 Å². The van der Waals surface area contributed by atoms with Crippen molar-refractivity contribution in [2.75, 3.05) is 25.2 Å².